The number of aliphatic hydroxyl groups is 1. The maximum Gasteiger partial charge on any atom is 0.338 e. The summed E-state index contributed by atoms with van der Waals surface area (Å²) in [6, 6.07) is 7.36. The van der Waals surface area contributed by atoms with E-state index in [0.717, 1.165) is 31.2 Å². The van der Waals surface area contributed by atoms with Gasteiger partial charge in [-0.1, -0.05) is 57.9 Å². The van der Waals surface area contributed by atoms with Crippen molar-refractivity contribution in [3.8, 4) is 11.4 Å². The van der Waals surface area contributed by atoms with E-state index in [2.05, 4.69) is 4.98 Å². The number of imidazole rings is 1. The number of hydrogen-bond acceptors (Lipinski definition) is 6. The SMILES string of the molecule is CCCC1(CCC)CC(O)=C(C(CC)c2ccc(-c3nc(S(N)(=O)=O)cn3C)cc2)C(=O)O1. The van der Waals surface area contributed by atoms with E-state index in [0.29, 0.717) is 29.8 Å². The number of benzene rings is 1. The van der Waals surface area contributed by atoms with Gasteiger partial charge in [-0.25, -0.2) is 23.3 Å². The molecular formula is C24H33N3O5S. The molecule has 0 saturated carbocycles. The standard InChI is InChI=1S/C24H33N3O5S/c1-5-12-24(13-6-2)14-19(28)21(23(29)32-24)18(7-3)16-8-10-17(11-9-16)22-26-20(15-27(22)4)33(25,30)31/h8-11,15,18,28H,5-7,12-14H2,1-4H3,(H2,25,30,31). The second-order valence-corrected chi connectivity index (χ2v) is 10.3. The molecule has 8 nitrogen and oxygen atoms in total. The molecule has 0 saturated heterocycles. The first kappa shape index (κ1) is 25.0. The molecule has 1 aromatic carbocycles. The highest BCUT2D eigenvalue weighted by atomic mass is 32.2. The highest BCUT2D eigenvalue weighted by Crippen LogP contribution is 2.42. The Morgan fingerprint density at radius 3 is 2.24 bits per heavy atom. The lowest BCUT2D eigenvalue weighted by molar-refractivity contribution is -0.161. The first-order valence-electron chi connectivity index (χ1n) is 11.4. The topological polar surface area (TPSA) is 125 Å². The number of aryl methyl sites for hydroxylation is 1. The van der Waals surface area contributed by atoms with E-state index >= 15 is 0 Å². The van der Waals surface area contributed by atoms with Crippen LogP contribution in [0.25, 0.3) is 11.4 Å². The number of rotatable bonds is 9. The number of aromatic nitrogens is 2. The fourth-order valence-corrected chi connectivity index (χ4v) is 5.30. The quantitative estimate of drug-likeness (QED) is 0.520. The molecule has 1 aliphatic rings. The van der Waals surface area contributed by atoms with Crippen molar-refractivity contribution in [1.82, 2.24) is 9.55 Å². The van der Waals surface area contributed by atoms with Crippen molar-refractivity contribution in [3.63, 3.8) is 0 Å². The predicted octanol–water partition coefficient (Wildman–Crippen LogP) is 4.33. The molecule has 0 aliphatic carbocycles. The van der Waals surface area contributed by atoms with Gasteiger partial charge in [0.2, 0.25) is 0 Å². The Morgan fingerprint density at radius 1 is 1.18 bits per heavy atom. The van der Waals surface area contributed by atoms with Gasteiger partial charge in [-0.05, 0) is 24.8 Å². The van der Waals surface area contributed by atoms with Gasteiger partial charge >= 0.3 is 5.97 Å². The summed E-state index contributed by atoms with van der Waals surface area (Å²) in [5.41, 5.74) is 1.26. The molecule has 1 aliphatic heterocycles. The van der Waals surface area contributed by atoms with Crippen molar-refractivity contribution in [3.05, 3.63) is 47.4 Å². The number of carbonyl (C=O) groups is 1. The van der Waals surface area contributed by atoms with Gasteiger partial charge in [0.15, 0.2) is 5.03 Å². The van der Waals surface area contributed by atoms with Gasteiger partial charge in [0, 0.05) is 31.1 Å². The number of sulfonamides is 1. The van der Waals surface area contributed by atoms with Crippen LogP contribution < -0.4 is 5.14 Å². The molecule has 1 unspecified atom stereocenters. The molecule has 0 spiro atoms. The Kier molecular flexibility index (Phi) is 7.33. The Morgan fingerprint density at radius 2 is 1.79 bits per heavy atom. The fraction of sp³-hybridized carbons (Fsp3) is 0.500. The van der Waals surface area contributed by atoms with Crippen LogP contribution >= 0.6 is 0 Å². The molecule has 33 heavy (non-hydrogen) atoms. The Balaban J connectivity index is 1.93. The summed E-state index contributed by atoms with van der Waals surface area (Å²) in [6.07, 6.45) is 5.50. The molecule has 9 heteroatoms. The number of ether oxygens (including phenoxy) is 1. The summed E-state index contributed by atoms with van der Waals surface area (Å²) in [5.74, 6) is -0.180. The van der Waals surface area contributed by atoms with Crippen LogP contribution in [0.5, 0.6) is 0 Å². The van der Waals surface area contributed by atoms with Gasteiger partial charge in [-0.2, -0.15) is 0 Å². The van der Waals surface area contributed by atoms with Crippen molar-refractivity contribution in [2.24, 2.45) is 12.2 Å². The molecule has 1 aromatic heterocycles. The Hall–Kier alpha value is -2.65. The van der Waals surface area contributed by atoms with E-state index in [1.807, 2.05) is 45.0 Å². The van der Waals surface area contributed by atoms with E-state index < -0.39 is 21.6 Å². The monoisotopic (exact) mass is 475 g/mol. The van der Waals surface area contributed by atoms with Crippen LogP contribution in [0.4, 0.5) is 0 Å². The molecule has 0 amide bonds. The summed E-state index contributed by atoms with van der Waals surface area (Å²) < 4.78 is 30.8. The zero-order valence-corrected chi connectivity index (χ0v) is 20.5. The molecule has 180 valence electrons. The van der Waals surface area contributed by atoms with Crippen molar-refractivity contribution < 1.29 is 23.1 Å². The lowest BCUT2D eigenvalue weighted by Crippen LogP contribution is -2.41. The summed E-state index contributed by atoms with van der Waals surface area (Å²) in [5, 5.41) is 15.9. The number of primary sulfonamides is 1. The van der Waals surface area contributed by atoms with Gasteiger partial charge in [-0.3, -0.25) is 0 Å². The zero-order chi connectivity index (χ0) is 24.4. The van der Waals surface area contributed by atoms with E-state index in [1.54, 1.807) is 11.6 Å². The van der Waals surface area contributed by atoms with Crippen LogP contribution in [0.3, 0.4) is 0 Å². The van der Waals surface area contributed by atoms with E-state index in [4.69, 9.17) is 9.88 Å². The summed E-state index contributed by atoms with van der Waals surface area (Å²) in [7, 11) is -2.21. The fourth-order valence-electron chi connectivity index (χ4n) is 4.78. The normalized spacial score (nSPS) is 17.2. The Labute approximate surface area is 195 Å². The van der Waals surface area contributed by atoms with Crippen LogP contribution in [0.2, 0.25) is 0 Å². The van der Waals surface area contributed by atoms with Gasteiger partial charge in [0.05, 0.1) is 5.57 Å². The number of aliphatic hydroxyl groups excluding tert-OH is 1. The third-order valence-corrected chi connectivity index (χ3v) is 6.99. The van der Waals surface area contributed by atoms with Crippen LogP contribution in [0.1, 0.15) is 70.8 Å². The van der Waals surface area contributed by atoms with Gasteiger partial charge in [-0.15, -0.1) is 0 Å². The predicted molar refractivity (Wildman–Crippen MR) is 126 cm³/mol. The van der Waals surface area contributed by atoms with Crippen molar-refractivity contribution in [1.29, 1.82) is 0 Å². The summed E-state index contributed by atoms with van der Waals surface area (Å²) in [6.45, 7) is 6.06. The average Bonchev–Trinajstić information content (AvgIpc) is 3.13. The highest BCUT2D eigenvalue weighted by Gasteiger charge is 2.42. The Bertz CT molecular complexity index is 1140. The van der Waals surface area contributed by atoms with Crippen LogP contribution in [0.15, 0.2) is 46.8 Å². The maximum absolute atomic E-state index is 13.1. The van der Waals surface area contributed by atoms with Gasteiger partial charge < -0.3 is 14.4 Å². The van der Waals surface area contributed by atoms with Crippen LogP contribution in [-0.2, 0) is 26.6 Å². The first-order valence-corrected chi connectivity index (χ1v) is 12.9. The molecule has 1 atom stereocenters. The molecule has 0 fully saturated rings. The highest BCUT2D eigenvalue weighted by molar-refractivity contribution is 7.89. The minimum absolute atomic E-state index is 0.117. The number of hydrogen-bond donors (Lipinski definition) is 2. The number of nitrogens with two attached hydrogens (primary N) is 1. The smallest absolute Gasteiger partial charge is 0.338 e. The molecule has 2 heterocycles. The molecule has 2 aromatic rings. The minimum atomic E-state index is -3.90. The molecular weight excluding hydrogens is 442 g/mol. The van der Waals surface area contributed by atoms with Gasteiger partial charge in [0.25, 0.3) is 10.0 Å². The van der Waals surface area contributed by atoms with Crippen LogP contribution in [-0.4, -0.2) is 34.6 Å². The molecule has 3 rings (SSSR count). The van der Waals surface area contributed by atoms with Crippen LogP contribution in [0, 0.1) is 0 Å². The minimum Gasteiger partial charge on any atom is -0.512 e. The summed E-state index contributed by atoms with van der Waals surface area (Å²) in [4.78, 5) is 17.2. The lowest BCUT2D eigenvalue weighted by atomic mass is 9.80. The number of carbonyl (C=O) groups excluding carboxylic acids is 1. The third-order valence-electron chi connectivity index (χ3n) is 6.21. The first-order chi connectivity index (χ1) is 15.5. The van der Waals surface area contributed by atoms with E-state index in [1.165, 1.54) is 6.20 Å². The second-order valence-electron chi connectivity index (χ2n) is 8.75. The van der Waals surface area contributed by atoms with Crippen molar-refractivity contribution in [2.75, 3.05) is 0 Å². The number of nitrogens with zero attached hydrogens (tertiary/aromatic N) is 2. The molecule has 0 radical (unpaired) electrons. The summed E-state index contributed by atoms with van der Waals surface area (Å²) >= 11 is 0. The maximum atomic E-state index is 13.1. The zero-order valence-electron chi connectivity index (χ0n) is 19.7. The van der Waals surface area contributed by atoms with Crippen molar-refractivity contribution in [2.45, 2.75) is 75.8 Å². The lowest BCUT2D eigenvalue weighted by Gasteiger charge is -2.38. The molecule has 3 N–H and O–H groups in total. The number of cyclic esters (lactones) is 1. The van der Waals surface area contributed by atoms with E-state index in [-0.39, 0.29) is 16.7 Å². The number of esters is 1. The largest absolute Gasteiger partial charge is 0.512 e. The van der Waals surface area contributed by atoms with Gasteiger partial charge in [0.1, 0.15) is 17.2 Å². The second kappa shape index (κ2) is 9.69. The average molecular weight is 476 g/mol. The van der Waals surface area contributed by atoms with Crippen molar-refractivity contribution >= 4 is 16.0 Å². The third kappa shape index (κ3) is 5.14. The van der Waals surface area contributed by atoms with E-state index in [9.17, 15) is 18.3 Å². The molecule has 0 bridgehead atoms.